The maximum absolute atomic E-state index is 4.65. The van der Waals surface area contributed by atoms with E-state index in [2.05, 4.69) is 58.4 Å². The van der Waals surface area contributed by atoms with Crippen LogP contribution in [0, 0.1) is 0 Å². The van der Waals surface area contributed by atoms with Gasteiger partial charge < -0.3 is 4.90 Å². The van der Waals surface area contributed by atoms with E-state index in [1.807, 2.05) is 11.3 Å². The third-order valence-electron chi connectivity index (χ3n) is 5.37. The van der Waals surface area contributed by atoms with E-state index in [4.69, 9.17) is 0 Å². The van der Waals surface area contributed by atoms with E-state index in [-0.39, 0.29) is 0 Å². The molecule has 2 saturated heterocycles. The Kier molecular flexibility index (Phi) is 4.47. The summed E-state index contributed by atoms with van der Waals surface area (Å²) >= 11 is 1.85. The Morgan fingerprint density at radius 3 is 2.65 bits per heavy atom. The highest BCUT2D eigenvalue weighted by molar-refractivity contribution is 7.15. The molecule has 0 N–H and O–H groups in total. The minimum atomic E-state index is 0.741. The molecule has 1 aromatic heterocycles. The normalized spacial score (nSPS) is 26.1. The van der Waals surface area contributed by atoms with E-state index in [0.29, 0.717) is 0 Å². The Morgan fingerprint density at radius 2 is 1.87 bits per heavy atom. The van der Waals surface area contributed by atoms with Gasteiger partial charge in [-0.15, -0.1) is 11.3 Å². The fourth-order valence-electron chi connectivity index (χ4n) is 4.20. The van der Waals surface area contributed by atoms with Crippen molar-refractivity contribution < 1.29 is 0 Å². The molecule has 0 amide bonds. The van der Waals surface area contributed by atoms with Crippen molar-refractivity contribution in [2.45, 2.75) is 44.3 Å². The van der Waals surface area contributed by atoms with Crippen molar-refractivity contribution >= 4 is 11.3 Å². The van der Waals surface area contributed by atoms with Gasteiger partial charge >= 0.3 is 0 Å². The number of likely N-dealkylation sites (tertiary alicyclic amines) is 2. The van der Waals surface area contributed by atoms with Crippen molar-refractivity contribution in [3.05, 3.63) is 41.4 Å². The van der Waals surface area contributed by atoms with Crippen LogP contribution < -0.4 is 0 Å². The standard InChI is InChI=1S/C19H25N3S/c1-21-11-5-9-17(21)18-10-6-12-22(18)14-16-13-20-19(23-16)15-7-3-2-4-8-15/h2-4,7-8,13,17-18H,5-6,9-12,14H2,1H3/t17-,18-/m1/s1. The van der Waals surface area contributed by atoms with Crippen molar-refractivity contribution in [1.82, 2.24) is 14.8 Å². The first-order valence-corrected chi connectivity index (χ1v) is 9.57. The molecule has 23 heavy (non-hydrogen) atoms. The molecule has 0 radical (unpaired) electrons. The van der Waals surface area contributed by atoms with Crippen LogP contribution in [0.2, 0.25) is 0 Å². The Morgan fingerprint density at radius 1 is 1.09 bits per heavy atom. The lowest BCUT2D eigenvalue weighted by molar-refractivity contribution is 0.148. The zero-order valence-corrected chi connectivity index (χ0v) is 14.6. The molecular formula is C19H25N3S. The van der Waals surface area contributed by atoms with Crippen LogP contribution in [0.15, 0.2) is 36.5 Å². The maximum atomic E-state index is 4.65. The molecule has 0 spiro atoms. The van der Waals surface area contributed by atoms with Gasteiger partial charge in [-0.2, -0.15) is 0 Å². The zero-order chi connectivity index (χ0) is 15.6. The molecular weight excluding hydrogens is 302 g/mol. The summed E-state index contributed by atoms with van der Waals surface area (Å²) in [5, 5.41) is 1.15. The van der Waals surface area contributed by atoms with Crippen LogP contribution in [0.1, 0.15) is 30.6 Å². The smallest absolute Gasteiger partial charge is 0.123 e. The minimum Gasteiger partial charge on any atom is -0.302 e. The van der Waals surface area contributed by atoms with Crippen LogP contribution in [-0.4, -0.2) is 47.0 Å². The topological polar surface area (TPSA) is 19.4 Å². The number of rotatable bonds is 4. The van der Waals surface area contributed by atoms with Gasteiger partial charge in [-0.1, -0.05) is 30.3 Å². The molecule has 1 aromatic carbocycles. The number of nitrogens with zero attached hydrogens (tertiary/aromatic N) is 3. The first-order valence-electron chi connectivity index (χ1n) is 8.76. The average Bonchev–Trinajstić information content (AvgIpc) is 3.30. The van der Waals surface area contributed by atoms with Crippen LogP contribution >= 0.6 is 11.3 Å². The maximum Gasteiger partial charge on any atom is 0.123 e. The molecule has 0 bridgehead atoms. The highest BCUT2D eigenvalue weighted by Crippen LogP contribution is 2.32. The molecule has 2 atom stereocenters. The van der Waals surface area contributed by atoms with Gasteiger partial charge in [0, 0.05) is 35.3 Å². The SMILES string of the molecule is CN1CCC[C@@H]1[C@H]1CCCN1Cc1cnc(-c2ccccc2)s1. The van der Waals surface area contributed by atoms with Crippen LogP contribution in [0.5, 0.6) is 0 Å². The van der Waals surface area contributed by atoms with Gasteiger partial charge in [0.1, 0.15) is 5.01 Å². The Hall–Kier alpha value is -1.23. The second kappa shape index (κ2) is 6.71. The van der Waals surface area contributed by atoms with Crippen LogP contribution in [-0.2, 0) is 6.54 Å². The van der Waals surface area contributed by atoms with E-state index in [9.17, 15) is 0 Å². The average molecular weight is 327 g/mol. The number of hydrogen-bond acceptors (Lipinski definition) is 4. The minimum absolute atomic E-state index is 0.741. The second-order valence-electron chi connectivity index (χ2n) is 6.87. The first-order chi connectivity index (χ1) is 11.3. The van der Waals surface area contributed by atoms with E-state index < -0.39 is 0 Å². The monoisotopic (exact) mass is 327 g/mol. The molecule has 4 heteroatoms. The zero-order valence-electron chi connectivity index (χ0n) is 13.8. The molecule has 3 heterocycles. The van der Waals surface area contributed by atoms with Crippen molar-refractivity contribution in [1.29, 1.82) is 0 Å². The van der Waals surface area contributed by atoms with Crippen molar-refractivity contribution in [2.75, 3.05) is 20.1 Å². The van der Waals surface area contributed by atoms with Gasteiger partial charge in [0.25, 0.3) is 0 Å². The Bertz CT molecular complexity index is 639. The molecule has 0 aliphatic carbocycles. The third-order valence-corrected chi connectivity index (χ3v) is 6.40. The number of likely N-dealkylation sites (N-methyl/N-ethyl adjacent to an activating group) is 1. The predicted molar refractivity (Wildman–Crippen MR) is 96.6 cm³/mol. The first kappa shape index (κ1) is 15.3. The fraction of sp³-hybridized carbons (Fsp3) is 0.526. The summed E-state index contributed by atoms with van der Waals surface area (Å²) in [4.78, 5) is 11.3. The number of benzene rings is 1. The highest BCUT2D eigenvalue weighted by atomic mass is 32.1. The summed E-state index contributed by atoms with van der Waals surface area (Å²) < 4.78 is 0. The fourth-order valence-corrected chi connectivity index (χ4v) is 5.14. The van der Waals surface area contributed by atoms with Gasteiger partial charge in [-0.05, 0) is 45.8 Å². The van der Waals surface area contributed by atoms with E-state index >= 15 is 0 Å². The predicted octanol–water partition coefficient (Wildman–Crippen LogP) is 3.87. The molecule has 122 valence electrons. The summed E-state index contributed by atoms with van der Waals surface area (Å²) in [5.41, 5.74) is 1.23. The second-order valence-corrected chi connectivity index (χ2v) is 7.98. The summed E-state index contributed by atoms with van der Waals surface area (Å²) in [7, 11) is 2.30. The summed E-state index contributed by atoms with van der Waals surface area (Å²) in [6.07, 6.45) is 7.53. The Labute approximate surface area is 143 Å². The van der Waals surface area contributed by atoms with E-state index in [0.717, 1.165) is 23.6 Å². The van der Waals surface area contributed by atoms with Gasteiger partial charge in [-0.25, -0.2) is 4.98 Å². The van der Waals surface area contributed by atoms with Gasteiger partial charge in [0.05, 0.1) is 0 Å². The van der Waals surface area contributed by atoms with Crippen molar-refractivity contribution in [2.24, 2.45) is 0 Å². The largest absolute Gasteiger partial charge is 0.302 e. The lowest BCUT2D eigenvalue weighted by atomic mass is 10.0. The number of thiazole rings is 1. The number of hydrogen-bond donors (Lipinski definition) is 0. The van der Waals surface area contributed by atoms with Crippen molar-refractivity contribution in [3.63, 3.8) is 0 Å². The molecule has 0 unspecified atom stereocenters. The quantitative estimate of drug-likeness (QED) is 0.850. The summed E-state index contributed by atoms with van der Waals surface area (Å²) in [6.45, 7) is 3.58. The Balaban J connectivity index is 1.46. The molecule has 0 saturated carbocycles. The molecule has 4 rings (SSSR count). The molecule has 2 aliphatic heterocycles. The van der Waals surface area contributed by atoms with E-state index in [1.165, 1.54) is 49.2 Å². The van der Waals surface area contributed by atoms with Crippen LogP contribution in [0.4, 0.5) is 0 Å². The van der Waals surface area contributed by atoms with Crippen LogP contribution in [0.25, 0.3) is 10.6 Å². The van der Waals surface area contributed by atoms with Crippen LogP contribution in [0.3, 0.4) is 0 Å². The van der Waals surface area contributed by atoms with Gasteiger partial charge in [-0.3, -0.25) is 4.90 Å². The third kappa shape index (κ3) is 3.21. The lowest BCUT2D eigenvalue weighted by Gasteiger charge is -2.32. The summed E-state index contributed by atoms with van der Waals surface area (Å²) in [5.74, 6) is 0. The van der Waals surface area contributed by atoms with E-state index in [1.54, 1.807) is 0 Å². The summed E-state index contributed by atoms with van der Waals surface area (Å²) in [6, 6.07) is 12.0. The van der Waals surface area contributed by atoms with Gasteiger partial charge in [0.2, 0.25) is 0 Å². The molecule has 2 aliphatic rings. The molecule has 2 fully saturated rings. The van der Waals surface area contributed by atoms with Gasteiger partial charge in [0.15, 0.2) is 0 Å². The molecule has 3 nitrogen and oxygen atoms in total. The molecule has 2 aromatic rings. The highest BCUT2D eigenvalue weighted by Gasteiger charge is 2.36. The van der Waals surface area contributed by atoms with Crippen molar-refractivity contribution in [3.8, 4) is 10.6 Å². The lowest BCUT2D eigenvalue weighted by Crippen LogP contribution is -2.44. The number of aromatic nitrogens is 1.